The summed E-state index contributed by atoms with van der Waals surface area (Å²) in [6.45, 7) is 1.82. The van der Waals surface area contributed by atoms with Gasteiger partial charge in [-0.1, -0.05) is 6.07 Å². The van der Waals surface area contributed by atoms with Gasteiger partial charge in [0.05, 0.1) is 7.11 Å². The van der Waals surface area contributed by atoms with Gasteiger partial charge < -0.3 is 9.84 Å². The molecule has 0 fully saturated rings. The number of carbonyl (C=O) groups excluding carboxylic acids is 1. The maximum atomic E-state index is 11.8. The number of ether oxygens (including phenoxy) is 1. The molecule has 1 amide bonds. The minimum absolute atomic E-state index is 0.178. The number of thioether (sulfide) groups is 1. The number of amides is 1. The lowest BCUT2D eigenvalue weighted by Gasteiger charge is -2.34. The average Bonchev–Trinajstić information content (AvgIpc) is 2.37. The van der Waals surface area contributed by atoms with Gasteiger partial charge in [0, 0.05) is 16.7 Å². The summed E-state index contributed by atoms with van der Waals surface area (Å²) in [5.74, 6) is -1.19. The Morgan fingerprint density at radius 1 is 1.50 bits per heavy atom. The zero-order valence-corrected chi connectivity index (χ0v) is 10.9. The van der Waals surface area contributed by atoms with E-state index in [4.69, 9.17) is 9.84 Å². The van der Waals surface area contributed by atoms with Crippen molar-refractivity contribution < 1.29 is 19.4 Å². The molecule has 1 aromatic rings. The molecule has 6 heteroatoms. The van der Waals surface area contributed by atoms with E-state index in [0.29, 0.717) is 17.2 Å². The molecule has 0 aromatic heterocycles. The van der Waals surface area contributed by atoms with Crippen LogP contribution in [0.1, 0.15) is 6.92 Å². The molecule has 1 N–H and O–H groups in total. The van der Waals surface area contributed by atoms with Crippen molar-refractivity contribution in [1.29, 1.82) is 0 Å². The summed E-state index contributed by atoms with van der Waals surface area (Å²) in [6.07, 6.45) is 0. The zero-order chi connectivity index (χ0) is 13.3. The summed E-state index contributed by atoms with van der Waals surface area (Å²) < 4.78 is 5.22. The second-order valence-corrected chi connectivity index (χ2v) is 5.01. The predicted octanol–water partition coefficient (Wildman–Crippen LogP) is 1.61. The molecule has 96 valence electrons. The molecule has 5 nitrogen and oxygen atoms in total. The van der Waals surface area contributed by atoms with Gasteiger partial charge in [0.15, 0.2) is 0 Å². The van der Waals surface area contributed by atoms with Gasteiger partial charge in [-0.3, -0.25) is 9.69 Å². The van der Waals surface area contributed by atoms with Gasteiger partial charge in [-0.05, 0) is 19.1 Å². The summed E-state index contributed by atoms with van der Waals surface area (Å²) >= 11 is 1.59. The number of hydrogen-bond acceptors (Lipinski definition) is 4. The van der Waals surface area contributed by atoms with Crippen molar-refractivity contribution in [3.05, 3.63) is 18.2 Å². The summed E-state index contributed by atoms with van der Waals surface area (Å²) in [7, 11) is 1.50. The summed E-state index contributed by atoms with van der Waals surface area (Å²) in [6, 6.07) is 5.22. The number of carbonyl (C=O) groups is 2. The largest absolute Gasteiger partial charge is 0.495 e. The molecule has 18 heavy (non-hydrogen) atoms. The van der Waals surface area contributed by atoms with Crippen LogP contribution in [0, 0.1) is 0 Å². The molecule has 0 aliphatic carbocycles. The number of carboxylic acid groups (broad SMARTS) is 1. The van der Waals surface area contributed by atoms with Gasteiger partial charge in [-0.2, -0.15) is 0 Å². The standard InChI is InChI=1S/C12H13NO4S/c1-7-6-18-9-5-3-4-8(17-2)10(9)13(7)11(14)12(15)16/h3-5,7H,6H2,1-2H3,(H,15,16). The topological polar surface area (TPSA) is 66.8 Å². The Hall–Kier alpha value is -1.69. The van der Waals surface area contributed by atoms with Crippen molar-refractivity contribution >= 4 is 29.3 Å². The Morgan fingerprint density at radius 3 is 2.83 bits per heavy atom. The van der Waals surface area contributed by atoms with Gasteiger partial charge in [-0.25, -0.2) is 4.79 Å². The first-order valence-corrected chi connectivity index (χ1v) is 6.41. The van der Waals surface area contributed by atoms with Gasteiger partial charge >= 0.3 is 11.9 Å². The molecule has 0 bridgehead atoms. The fraction of sp³-hybridized carbons (Fsp3) is 0.333. The number of methoxy groups -OCH3 is 1. The van der Waals surface area contributed by atoms with Gasteiger partial charge in [-0.15, -0.1) is 11.8 Å². The van der Waals surface area contributed by atoms with Crippen molar-refractivity contribution in [2.24, 2.45) is 0 Å². The summed E-state index contributed by atoms with van der Waals surface area (Å²) in [5, 5.41) is 8.90. The minimum atomic E-state index is -1.45. The number of benzene rings is 1. The minimum Gasteiger partial charge on any atom is -0.495 e. The van der Waals surface area contributed by atoms with Gasteiger partial charge in [0.2, 0.25) is 0 Å². The maximum absolute atomic E-state index is 11.8. The van der Waals surface area contributed by atoms with E-state index in [1.807, 2.05) is 19.1 Å². The zero-order valence-electron chi connectivity index (χ0n) is 10.0. The molecule has 1 aromatic carbocycles. The highest BCUT2D eigenvalue weighted by atomic mass is 32.2. The Morgan fingerprint density at radius 2 is 2.22 bits per heavy atom. The normalized spacial score (nSPS) is 18.1. The first-order valence-electron chi connectivity index (χ1n) is 5.42. The first-order chi connectivity index (χ1) is 8.56. The highest BCUT2D eigenvalue weighted by Gasteiger charge is 2.34. The lowest BCUT2D eigenvalue weighted by molar-refractivity contribution is -0.149. The van der Waals surface area contributed by atoms with E-state index in [1.54, 1.807) is 17.8 Å². The SMILES string of the molecule is COc1cccc2c1N(C(=O)C(=O)O)C(C)CS2. The van der Waals surface area contributed by atoms with Crippen molar-refractivity contribution in [3.8, 4) is 5.75 Å². The van der Waals surface area contributed by atoms with Crippen LogP contribution in [-0.4, -0.2) is 35.9 Å². The van der Waals surface area contributed by atoms with E-state index < -0.39 is 11.9 Å². The van der Waals surface area contributed by atoms with E-state index in [0.717, 1.165) is 4.90 Å². The molecule has 1 heterocycles. The Balaban J connectivity index is 2.55. The third kappa shape index (κ3) is 2.03. The summed E-state index contributed by atoms with van der Waals surface area (Å²) in [5.41, 5.74) is 0.552. The number of fused-ring (bicyclic) bond motifs is 1. The molecule has 0 saturated heterocycles. The van der Waals surface area contributed by atoms with Crippen molar-refractivity contribution in [2.45, 2.75) is 17.9 Å². The molecule has 2 rings (SSSR count). The number of nitrogens with zero attached hydrogens (tertiary/aromatic N) is 1. The quantitative estimate of drug-likeness (QED) is 0.783. The van der Waals surface area contributed by atoms with Crippen molar-refractivity contribution in [2.75, 3.05) is 17.8 Å². The highest BCUT2D eigenvalue weighted by Crippen LogP contribution is 2.43. The second-order valence-electron chi connectivity index (χ2n) is 3.95. The van der Waals surface area contributed by atoms with Crippen LogP contribution < -0.4 is 9.64 Å². The molecular formula is C12H13NO4S. The van der Waals surface area contributed by atoms with Crippen LogP contribution >= 0.6 is 11.8 Å². The molecule has 1 aliphatic rings. The third-order valence-corrected chi connectivity index (χ3v) is 4.03. The van der Waals surface area contributed by atoms with Gasteiger partial charge in [0.1, 0.15) is 11.4 Å². The summed E-state index contributed by atoms with van der Waals surface area (Å²) in [4.78, 5) is 24.9. The fourth-order valence-corrected chi connectivity index (χ4v) is 3.01. The maximum Gasteiger partial charge on any atom is 0.394 e. The van der Waals surface area contributed by atoms with Crippen molar-refractivity contribution in [1.82, 2.24) is 0 Å². The fourth-order valence-electron chi connectivity index (χ4n) is 1.93. The van der Waals surface area contributed by atoms with Crippen LogP contribution in [0.25, 0.3) is 0 Å². The Bertz CT molecular complexity index is 489. The Labute approximate surface area is 109 Å². The highest BCUT2D eigenvalue weighted by molar-refractivity contribution is 7.99. The van der Waals surface area contributed by atoms with Crippen LogP contribution in [0.2, 0.25) is 0 Å². The molecule has 0 saturated carbocycles. The van der Waals surface area contributed by atoms with Crippen LogP contribution in [-0.2, 0) is 9.59 Å². The number of hydrogen-bond donors (Lipinski definition) is 1. The predicted molar refractivity (Wildman–Crippen MR) is 68.3 cm³/mol. The van der Waals surface area contributed by atoms with E-state index in [-0.39, 0.29) is 6.04 Å². The van der Waals surface area contributed by atoms with E-state index >= 15 is 0 Å². The molecule has 1 atom stereocenters. The lowest BCUT2D eigenvalue weighted by atomic mass is 10.2. The molecule has 1 aliphatic heterocycles. The second kappa shape index (κ2) is 4.89. The lowest BCUT2D eigenvalue weighted by Crippen LogP contribution is -2.46. The number of anilines is 1. The van der Waals surface area contributed by atoms with Crippen LogP contribution in [0.15, 0.2) is 23.1 Å². The van der Waals surface area contributed by atoms with Gasteiger partial charge in [0.25, 0.3) is 0 Å². The van der Waals surface area contributed by atoms with E-state index in [2.05, 4.69) is 0 Å². The van der Waals surface area contributed by atoms with Crippen LogP contribution in [0.3, 0.4) is 0 Å². The number of aliphatic carboxylic acids is 1. The first kappa shape index (κ1) is 12.8. The monoisotopic (exact) mass is 267 g/mol. The van der Waals surface area contributed by atoms with Crippen LogP contribution in [0.4, 0.5) is 5.69 Å². The Kier molecular flexibility index (Phi) is 3.47. The molecule has 0 radical (unpaired) electrons. The van der Waals surface area contributed by atoms with E-state index in [9.17, 15) is 9.59 Å². The molecule has 0 spiro atoms. The average molecular weight is 267 g/mol. The van der Waals surface area contributed by atoms with E-state index in [1.165, 1.54) is 12.0 Å². The number of rotatable bonds is 1. The number of para-hydroxylation sites is 1. The third-order valence-electron chi connectivity index (χ3n) is 2.75. The molecular weight excluding hydrogens is 254 g/mol. The smallest absolute Gasteiger partial charge is 0.394 e. The van der Waals surface area contributed by atoms with Crippen molar-refractivity contribution in [3.63, 3.8) is 0 Å². The number of carboxylic acids is 1. The van der Waals surface area contributed by atoms with Crippen LogP contribution in [0.5, 0.6) is 5.75 Å². The molecule has 1 unspecified atom stereocenters.